The number of aromatic nitrogens is 1. The summed E-state index contributed by atoms with van der Waals surface area (Å²) < 4.78 is 0.997. The number of amides is 1. The van der Waals surface area contributed by atoms with E-state index in [-0.39, 0.29) is 5.91 Å². The minimum Gasteiger partial charge on any atom is -0.349 e. The Morgan fingerprint density at radius 3 is 2.79 bits per heavy atom. The van der Waals surface area contributed by atoms with Crippen molar-refractivity contribution in [1.82, 2.24) is 10.3 Å². The van der Waals surface area contributed by atoms with Gasteiger partial charge in [0.2, 0.25) is 0 Å². The van der Waals surface area contributed by atoms with E-state index in [1.807, 2.05) is 30.3 Å². The molecule has 0 saturated heterocycles. The summed E-state index contributed by atoms with van der Waals surface area (Å²) in [6.45, 7) is 0. The molecule has 1 aromatic heterocycles. The molecule has 0 spiro atoms. The molecule has 1 fully saturated rings. The van der Waals surface area contributed by atoms with Crippen LogP contribution in [-0.2, 0) is 0 Å². The van der Waals surface area contributed by atoms with Gasteiger partial charge in [-0.15, -0.1) is 0 Å². The van der Waals surface area contributed by atoms with Gasteiger partial charge in [0.25, 0.3) is 5.91 Å². The molecule has 3 rings (SSSR count). The van der Waals surface area contributed by atoms with E-state index in [1.54, 1.807) is 12.4 Å². The maximum Gasteiger partial charge on any atom is 0.253 e. The first kappa shape index (κ1) is 12.4. The van der Waals surface area contributed by atoms with Crippen molar-refractivity contribution in [3.05, 3.63) is 52.8 Å². The Labute approximate surface area is 120 Å². The van der Waals surface area contributed by atoms with Gasteiger partial charge in [-0.25, -0.2) is 0 Å². The smallest absolute Gasteiger partial charge is 0.253 e. The lowest BCUT2D eigenvalue weighted by Gasteiger charge is -2.07. The number of hydrogen-bond acceptors (Lipinski definition) is 2. The van der Waals surface area contributed by atoms with E-state index in [2.05, 4.69) is 26.2 Å². The molecule has 3 nitrogen and oxygen atoms in total. The van der Waals surface area contributed by atoms with E-state index in [9.17, 15) is 4.79 Å². The number of pyridine rings is 1. The molecule has 0 aliphatic heterocycles. The lowest BCUT2D eigenvalue weighted by molar-refractivity contribution is 0.0951. The van der Waals surface area contributed by atoms with Gasteiger partial charge in [0, 0.05) is 28.5 Å². The molecule has 0 unspecified atom stereocenters. The van der Waals surface area contributed by atoms with Crippen LogP contribution in [0.4, 0.5) is 0 Å². The van der Waals surface area contributed by atoms with E-state index in [0.717, 1.165) is 28.4 Å². The monoisotopic (exact) mass is 316 g/mol. The Morgan fingerprint density at radius 2 is 2.05 bits per heavy atom. The van der Waals surface area contributed by atoms with Crippen LogP contribution in [0.5, 0.6) is 0 Å². The summed E-state index contributed by atoms with van der Waals surface area (Å²) in [5, 5.41) is 2.97. The molecule has 2 aromatic rings. The van der Waals surface area contributed by atoms with Crippen LogP contribution in [0.25, 0.3) is 11.1 Å². The molecule has 0 radical (unpaired) electrons. The number of nitrogens with zero attached hydrogens (tertiary/aromatic N) is 1. The quantitative estimate of drug-likeness (QED) is 0.943. The number of halogens is 1. The molecule has 0 atom stereocenters. The molecule has 1 aliphatic rings. The summed E-state index contributed by atoms with van der Waals surface area (Å²) in [4.78, 5) is 16.2. The molecule has 1 N–H and O–H groups in total. The van der Waals surface area contributed by atoms with E-state index in [0.29, 0.717) is 11.6 Å². The van der Waals surface area contributed by atoms with Crippen molar-refractivity contribution in [2.45, 2.75) is 18.9 Å². The second-order valence-electron chi connectivity index (χ2n) is 4.69. The minimum atomic E-state index is -0.0381. The number of rotatable bonds is 3. The van der Waals surface area contributed by atoms with Crippen molar-refractivity contribution in [3.8, 4) is 11.1 Å². The molecule has 96 valence electrons. The second kappa shape index (κ2) is 5.13. The van der Waals surface area contributed by atoms with Crippen LogP contribution >= 0.6 is 15.9 Å². The van der Waals surface area contributed by atoms with Crippen LogP contribution < -0.4 is 5.32 Å². The van der Waals surface area contributed by atoms with Crippen molar-refractivity contribution in [3.63, 3.8) is 0 Å². The van der Waals surface area contributed by atoms with Crippen molar-refractivity contribution >= 4 is 21.8 Å². The third-order valence-corrected chi connectivity index (χ3v) is 3.79. The fraction of sp³-hybridized carbons (Fsp3) is 0.200. The maximum atomic E-state index is 12.0. The highest BCUT2D eigenvalue weighted by molar-refractivity contribution is 9.10. The minimum absolute atomic E-state index is 0.0381. The average molecular weight is 317 g/mol. The van der Waals surface area contributed by atoms with Gasteiger partial charge >= 0.3 is 0 Å². The number of hydrogen-bond donors (Lipinski definition) is 1. The zero-order valence-corrected chi connectivity index (χ0v) is 11.9. The first-order valence-corrected chi connectivity index (χ1v) is 7.04. The van der Waals surface area contributed by atoms with Crippen LogP contribution in [0.1, 0.15) is 23.2 Å². The topological polar surface area (TPSA) is 42.0 Å². The largest absolute Gasteiger partial charge is 0.349 e. The van der Waals surface area contributed by atoms with Gasteiger partial charge < -0.3 is 5.32 Å². The average Bonchev–Trinajstić information content (AvgIpc) is 3.23. The Kier molecular flexibility index (Phi) is 3.34. The Bertz CT molecular complexity index is 623. The number of carbonyl (C=O) groups is 1. The molecule has 4 heteroatoms. The number of benzene rings is 1. The predicted octanol–water partition coefficient (Wildman–Crippen LogP) is 3.40. The lowest BCUT2D eigenvalue weighted by atomic mass is 10.1. The summed E-state index contributed by atoms with van der Waals surface area (Å²) >= 11 is 3.52. The van der Waals surface area contributed by atoms with E-state index >= 15 is 0 Å². The fourth-order valence-corrected chi connectivity index (χ4v) is 2.42. The third-order valence-electron chi connectivity index (χ3n) is 3.10. The van der Waals surface area contributed by atoms with Gasteiger partial charge in [0.15, 0.2) is 0 Å². The van der Waals surface area contributed by atoms with Gasteiger partial charge in [-0.2, -0.15) is 0 Å². The highest BCUT2D eigenvalue weighted by atomic mass is 79.9. The maximum absolute atomic E-state index is 12.0. The first-order valence-electron chi connectivity index (χ1n) is 6.25. The van der Waals surface area contributed by atoms with Gasteiger partial charge in [-0.05, 0) is 30.5 Å². The summed E-state index contributed by atoms with van der Waals surface area (Å²) in [5.41, 5.74) is 2.59. The highest BCUT2D eigenvalue weighted by Gasteiger charge is 2.24. The van der Waals surface area contributed by atoms with Crippen molar-refractivity contribution in [2.75, 3.05) is 0 Å². The van der Waals surface area contributed by atoms with Crippen LogP contribution in [0.2, 0.25) is 0 Å². The molecule has 1 saturated carbocycles. The predicted molar refractivity (Wildman–Crippen MR) is 77.9 cm³/mol. The summed E-state index contributed by atoms with van der Waals surface area (Å²) in [7, 11) is 0. The highest BCUT2D eigenvalue weighted by Crippen LogP contribution is 2.28. The molecular weight excluding hydrogens is 304 g/mol. The molecule has 1 amide bonds. The van der Waals surface area contributed by atoms with Crippen molar-refractivity contribution in [1.29, 1.82) is 0 Å². The van der Waals surface area contributed by atoms with Gasteiger partial charge in [-0.3, -0.25) is 9.78 Å². The summed E-state index contributed by atoms with van der Waals surface area (Å²) in [5.74, 6) is -0.0381. The van der Waals surface area contributed by atoms with E-state index in [4.69, 9.17) is 0 Å². The fourth-order valence-electron chi connectivity index (χ4n) is 1.90. The zero-order chi connectivity index (χ0) is 13.2. The number of carbonyl (C=O) groups excluding carboxylic acids is 1. The first-order chi connectivity index (χ1) is 9.24. The van der Waals surface area contributed by atoms with Crippen molar-refractivity contribution < 1.29 is 4.79 Å². The summed E-state index contributed by atoms with van der Waals surface area (Å²) in [6.07, 6.45) is 5.55. The molecule has 1 aliphatic carbocycles. The number of nitrogens with one attached hydrogen (secondary N) is 1. The van der Waals surface area contributed by atoms with Crippen LogP contribution in [0.15, 0.2) is 47.2 Å². The van der Waals surface area contributed by atoms with Crippen molar-refractivity contribution in [2.24, 2.45) is 0 Å². The lowest BCUT2D eigenvalue weighted by Crippen LogP contribution is -2.25. The molecule has 1 heterocycles. The van der Waals surface area contributed by atoms with Crippen LogP contribution in [0.3, 0.4) is 0 Å². The molecular formula is C15H13BrN2O. The SMILES string of the molecule is O=C(NC1CC1)c1cncc(-c2ccccc2Br)c1. The van der Waals surface area contributed by atoms with E-state index < -0.39 is 0 Å². The standard InChI is InChI=1S/C15H13BrN2O/c16-14-4-2-1-3-13(14)10-7-11(9-17-8-10)15(19)18-12-5-6-12/h1-4,7-9,12H,5-6H2,(H,18,19). The van der Waals surface area contributed by atoms with Crippen LogP contribution in [0, 0.1) is 0 Å². The molecule has 0 bridgehead atoms. The van der Waals surface area contributed by atoms with Gasteiger partial charge in [0.05, 0.1) is 5.56 Å². The zero-order valence-electron chi connectivity index (χ0n) is 10.3. The molecule has 1 aromatic carbocycles. The Balaban J connectivity index is 1.91. The van der Waals surface area contributed by atoms with Gasteiger partial charge in [-0.1, -0.05) is 34.1 Å². The van der Waals surface area contributed by atoms with Crippen LogP contribution in [-0.4, -0.2) is 16.9 Å². The second-order valence-corrected chi connectivity index (χ2v) is 5.54. The van der Waals surface area contributed by atoms with Gasteiger partial charge in [0.1, 0.15) is 0 Å². The summed E-state index contributed by atoms with van der Waals surface area (Å²) in [6, 6.07) is 10.2. The third kappa shape index (κ3) is 2.84. The molecule has 19 heavy (non-hydrogen) atoms. The normalized spacial score (nSPS) is 14.2. The van der Waals surface area contributed by atoms with E-state index in [1.165, 1.54) is 0 Å². The Hall–Kier alpha value is -1.68. The Morgan fingerprint density at radius 1 is 1.26 bits per heavy atom.